The van der Waals surface area contributed by atoms with Crippen molar-refractivity contribution in [2.45, 2.75) is 38.1 Å². The third kappa shape index (κ3) is 4.74. The normalized spacial score (nSPS) is 14.7. The minimum absolute atomic E-state index is 0.451. The number of halogens is 1. The molecule has 4 rings (SSSR count). The van der Waals surface area contributed by atoms with Gasteiger partial charge in [0, 0.05) is 33.6 Å². The number of hydrogen-bond donors (Lipinski definition) is 2. The largest absolute Gasteiger partial charge is 0.351 e. The second-order valence-electron chi connectivity index (χ2n) is 6.79. The molecule has 27 heavy (non-hydrogen) atoms. The minimum Gasteiger partial charge on any atom is -0.351 e. The van der Waals surface area contributed by atoms with Crippen molar-refractivity contribution in [3.63, 3.8) is 0 Å². The van der Waals surface area contributed by atoms with Crippen LogP contribution in [0.4, 0.5) is 17.5 Å². The van der Waals surface area contributed by atoms with E-state index < -0.39 is 0 Å². The number of anilines is 3. The monoisotopic (exact) mass is 471 g/mol. The van der Waals surface area contributed by atoms with Crippen LogP contribution in [0.2, 0.25) is 0 Å². The van der Waals surface area contributed by atoms with E-state index in [1.54, 1.807) is 6.20 Å². The fourth-order valence-electron chi connectivity index (χ4n) is 3.37. The Morgan fingerprint density at radius 3 is 2.59 bits per heavy atom. The van der Waals surface area contributed by atoms with Crippen molar-refractivity contribution in [1.82, 2.24) is 15.0 Å². The summed E-state index contributed by atoms with van der Waals surface area (Å²) in [4.78, 5) is 13.7. The molecule has 5 nitrogen and oxygen atoms in total. The Balaban J connectivity index is 1.66. The highest BCUT2D eigenvalue weighted by Crippen LogP contribution is 2.27. The maximum absolute atomic E-state index is 4.76. The smallest absolute Gasteiger partial charge is 0.225 e. The summed E-state index contributed by atoms with van der Waals surface area (Å²) in [5, 5.41) is 6.99. The van der Waals surface area contributed by atoms with Gasteiger partial charge in [-0.15, -0.1) is 0 Å². The maximum Gasteiger partial charge on any atom is 0.225 e. The van der Waals surface area contributed by atoms with E-state index in [0.29, 0.717) is 12.0 Å². The van der Waals surface area contributed by atoms with Crippen molar-refractivity contribution in [2.75, 3.05) is 10.6 Å². The molecule has 0 atom stereocenters. The van der Waals surface area contributed by atoms with E-state index in [4.69, 9.17) is 9.97 Å². The van der Waals surface area contributed by atoms with Crippen LogP contribution in [0.15, 0.2) is 54.9 Å². The van der Waals surface area contributed by atoms with E-state index in [2.05, 4.69) is 50.3 Å². The molecule has 2 heterocycles. The summed E-state index contributed by atoms with van der Waals surface area (Å²) in [6, 6.07) is 14.6. The maximum atomic E-state index is 4.76. The second-order valence-corrected chi connectivity index (χ2v) is 7.95. The molecule has 0 amide bonds. The second kappa shape index (κ2) is 8.65. The molecule has 3 aromatic rings. The number of benzene rings is 1. The van der Waals surface area contributed by atoms with E-state index in [1.807, 2.05) is 36.5 Å². The zero-order chi connectivity index (χ0) is 18.5. The van der Waals surface area contributed by atoms with Gasteiger partial charge in [0.2, 0.25) is 5.95 Å². The number of aromatic nitrogens is 3. The van der Waals surface area contributed by atoms with Crippen LogP contribution in [0.3, 0.4) is 0 Å². The lowest BCUT2D eigenvalue weighted by Gasteiger charge is -2.23. The van der Waals surface area contributed by atoms with E-state index in [-0.39, 0.29) is 0 Å². The van der Waals surface area contributed by atoms with Gasteiger partial charge in [0.25, 0.3) is 0 Å². The van der Waals surface area contributed by atoms with Crippen LogP contribution in [0.25, 0.3) is 11.3 Å². The van der Waals surface area contributed by atoms with Crippen LogP contribution in [0.1, 0.15) is 32.1 Å². The molecule has 2 N–H and O–H groups in total. The van der Waals surface area contributed by atoms with Gasteiger partial charge in [0.1, 0.15) is 5.82 Å². The number of nitrogens with zero attached hydrogens (tertiary/aromatic N) is 3. The first-order chi connectivity index (χ1) is 13.3. The Labute approximate surface area is 173 Å². The highest BCUT2D eigenvalue weighted by molar-refractivity contribution is 14.1. The summed E-state index contributed by atoms with van der Waals surface area (Å²) in [7, 11) is 0. The summed E-state index contributed by atoms with van der Waals surface area (Å²) in [6.07, 6.45) is 9.84. The first-order valence-corrected chi connectivity index (χ1v) is 10.4. The molecule has 1 aliphatic carbocycles. The highest BCUT2D eigenvalue weighted by Gasteiger charge is 2.16. The van der Waals surface area contributed by atoms with Crippen LogP contribution >= 0.6 is 22.6 Å². The Morgan fingerprint density at radius 1 is 0.963 bits per heavy atom. The van der Waals surface area contributed by atoms with Gasteiger partial charge in [0.15, 0.2) is 0 Å². The number of hydrogen-bond acceptors (Lipinski definition) is 5. The molecular weight excluding hydrogens is 449 g/mol. The molecule has 1 saturated carbocycles. The lowest BCUT2D eigenvalue weighted by molar-refractivity contribution is 0.461. The van der Waals surface area contributed by atoms with Gasteiger partial charge < -0.3 is 10.6 Å². The summed E-state index contributed by atoms with van der Waals surface area (Å²) in [6.45, 7) is 0. The van der Waals surface area contributed by atoms with Gasteiger partial charge in [-0.05, 0) is 59.7 Å². The Hall–Kier alpha value is -2.22. The number of pyridine rings is 1. The summed E-state index contributed by atoms with van der Waals surface area (Å²) >= 11 is 2.33. The Morgan fingerprint density at radius 2 is 1.81 bits per heavy atom. The molecule has 1 aromatic carbocycles. The number of para-hydroxylation sites is 1. The average Bonchev–Trinajstić information content (AvgIpc) is 2.71. The molecular formula is C21H22IN5. The Bertz CT molecular complexity index is 894. The zero-order valence-electron chi connectivity index (χ0n) is 15.0. The molecule has 138 valence electrons. The van der Waals surface area contributed by atoms with Crippen LogP contribution in [-0.2, 0) is 0 Å². The molecule has 0 aliphatic heterocycles. The van der Waals surface area contributed by atoms with Gasteiger partial charge in [-0.3, -0.25) is 4.98 Å². The molecule has 0 saturated heterocycles. The summed E-state index contributed by atoms with van der Waals surface area (Å²) in [5.41, 5.74) is 2.89. The quantitative estimate of drug-likeness (QED) is 0.473. The van der Waals surface area contributed by atoms with Gasteiger partial charge in [0.05, 0.1) is 11.4 Å². The topological polar surface area (TPSA) is 62.7 Å². The predicted octanol–water partition coefficient (Wildman–Crippen LogP) is 5.63. The average molecular weight is 471 g/mol. The summed E-state index contributed by atoms with van der Waals surface area (Å²) < 4.78 is 1.15. The molecule has 0 radical (unpaired) electrons. The van der Waals surface area contributed by atoms with Gasteiger partial charge in [-0.25, -0.2) is 4.98 Å². The molecule has 0 spiro atoms. The van der Waals surface area contributed by atoms with E-state index in [9.17, 15) is 0 Å². The van der Waals surface area contributed by atoms with Crippen molar-refractivity contribution >= 4 is 40.0 Å². The SMILES string of the molecule is Ic1ccccc1Nc1cc(-c2cccnc2)nc(NC2CCCCC2)n1. The number of rotatable bonds is 5. The lowest BCUT2D eigenvalue weighted by atomic mass is 9.96. The third-order valence-corrected chi connectivity index (χ3v) is 5.70. The Kier molecular flexibility index (Phi) is 5.81. The van der Waals surface area contributed by atoms with Crippen LogP contribution < -0.4 is 10.6 Å². The standard InChI is InChI=1S/C21H22IN5/c22-17-10-4-5-11-18(17)25-20-13-19(15-7-6-12-23-14-15)26-21(27-20)24-16-8-2-1-3-9-16/h4-7,10-14,16H,1-3,8-9H2,(H2,24,25,26,27). The first-order valence-electron chi connectivity index (χ1n) is 9.35. The molecule has 0 bridgehead atoms. The van der Waals surface area contributed by atoms with Crippen molar-refractivity contribution in [2.24, 2.45) is 0 Å². The fourth-order valence-corrected chi connectivity index (χ4v) is 3.89. The third-order valence-electron chi connectivity index (χ3n) is 4.76. The molecule has 2 aromatic heterocycles. The minimum atomic E-state index is 0.451. The first kappa shape index (κ1) is 18.2. The molecule has 1 aliphatic rings. The molecule has 0 unspecified atom stereocenters. The predicted molar refractivity (Wildman–Crippen MR) is 118 cm³/mol. The van der Waals surface area contributed by atoms with Gasteiger partial charge in [-0.1, -0.05) is 31.4 Å². The van der Waals surface area contributed by atoms with Crippen molar-refractivity contribution < 1.29 is 0 Å². The van der Waals surface area contributed by atoms with Crippen LogP contribution in [0, 0.1) is 3.57 Å². The van der Waals surface area contributed by atoms with Crippen LogP contribution in [0.5, 0.6) is 0 Å². The van der Waals surface area contributed by atoms with Crippen molar-refractivity contribution in [3.05, 3.63) is 58.4 Å². The van der Waals surface area contributed by atoms with Crippen LogP contribution in [-0.4, -0.2) is 21.0 Å². The van der Waals surface area contributed by atoms with E-state index in [0.717, 1.165) is 26.3 Å². The van der Waals surface area contributed by atoms with Gasteiger partial charge in [-0.2, -0.15) is 4.98 Å². The number of nitrogens with one attached hydrogen (secondary N) is 2. The van der Waals surface area contributed by atoms with E-state index in [1.165, 1.54) is 32.1 Å². The molecule has 1 fully saturated rings. The zero-order valence-corrected chi connectivity index (χ0v) is 17.2. The van der Waals surface area contributed by atoms with E-state index >= 15 is 0 Å². The lowest BCUT2D eigenvalue weighted by Crippen LogP contribution is -2.23. The molecule has 6 heteroatoms. The van der Waals surface area contributed by atoms with Crippen molar-refractivity contribution in [3.8, 4) is 11.3 Å². The van der Waals surface area contributed by atoms with Crippen molar-refractivity contribution in [1.29, 1.82) is 0 Å². The summed E-state index contributed by atoms with van der Waals surface area (Å²) in [5.74, 6) is 1.46. The fraction of sp³-hybridized carbons (Fsp3) is 0.286. The van der Waals surface area contributed by atoms with Gasteiger partial charge >= 0.3 is 0 Å². The highest BCUT2D eigenvalue weighted by atomic mass is 127.